The number of nitrogens with zero attached hydrogens (tertiary/aromatic N) is 1. The standard InChI is InChI=1S/C20H18ClNO3S/c1-14-19(21)20(24)22(26-14)17-10-7-15(8-11-17)9-12-18(23)25-13-16-5-3-2-4-6-16/h2-8,10-11H,9,12-13H2,1H3. The number of halogens is 1. The van der Waals surface area contributed by atoms with Crippen LogP contribution in [0.5, 0.6) is 0 Å². The van der Waals surface area contributed by atoms with Crippen molar-refractivity contribution in [3.05, 3.63) is 86.0 Å². The third-order valence-electron chi connectivity index (χ3n) is 3.94. The van der Waals surface area contributed by atoms with Gasteiger partial charge in [0.1, 0.15) is 11.6 Å². The molecule has 0 unspecified atom stereocenters. The SMILES string of the molecule is Cc1sn(-c2ccc(CCC(=O)OCc3ccccc3)cc2)c(=O)c1Cl. The van der Waals surface area contributed by atoms with Crippen LogP contribution in [0.25, 0.3) is 5.69 Å². The second-order valence-electron chi connectivity index (χ2n) is 5.87. The zero-order valence-corrected chi connectivity index (χ0v) is 15.8. The van der Waals surface area contributed by atoms with Gasteiger partial charge in [0.15, 0.2) is 0 Å². The lowest BCUT2D eigenvalue weighted by Crippen LogP contribution is -2.11. The maximum Gasteiger partial charge on any atom is 0.306 e. The Hall–Kier alpha value is -2.37. The van der Waals surface area contributed by atoms with E-state index in [1.54, 1.807) is 3.96 Å². The van der Waals surface area contributed by atoms with Crippen molar-refractivity contribution in [2.24, 2.45) is 0 Å². The molecule has 0 saturated heterocycles. The Morgan fingerprint density at radius 3 is 2.38 bits per heavy atom. The van der Waals surface area contributed by atoms with Crippen molar-refractivity contribution >= 4 is 29.1 Å². The molecule has 0 fully saturated rings. The topological polar surface area (TPSA) is 48.3 Å². The highest BCUT2D eigenvalue weighted by Gasteiger charge is 2.11. The quantitative estimate of drug-likeness (QED) is 0.583. The van der Waals surface area contributed by atoms with Crippen LogP contribution in [0.3, 0.4) is 0 Å². The number of carbonyl (C=O) groups excluding carboxylic acids is 1. The van der Waals surface area contributed by atoms with Crippen molar-refractivity contribution in [2.75, 3.05) is 0 Å². The molecule has 3 rings (SSSR count). The Morgan fingerprint density at radius 2 is 1.77 bits per heavy atom. The molecule has 0 spiro atoms. The average molecular weight is 388 g/mol. The first kappa shape index (κ1) is 18.4. The summed E-state index contributed by atoms with van der Waals surface area (Å²) in [7, 11) is 0. The molecule has 4 nitrogen and oxygen atoms in total. The molecule has 134 valence electrons. The summed E-state index contributed by atoms with van der Waals surface area (Å²) in [5.41, 5.74) is 2.55. The second-order valence-corrected chi connectivity index (χ2v) is 7.41. The molecule has 0 saturated carbocycles. The first-order valence-electron chi connectivity index (χ1n) is 8.22. The van der Waals surface area contributed by atoms with Crippen LogP contribution in [0.1, 0.15) is 22.4 Å². The maximum absolute atomic E-state index is 12.1. The minimum atomic E-state index is -0.227. The lowest BCUT2D eigenvalue weighted by atomic mass is 10.1. The lowest BCUT2D eigenvalue weighted by molar-refractivity contribution is -0.144. The van der Waals surface area contributed by atoms with Crippen LogP contribution in [0.2, 0.25) is 5.02 Å². The van der Waals surface area contributed by atoms with Crippen LogP contribution in [0.15, 0.2) is 59.4 Å². The van der Waals surface area contributed by atoms with Gasteiger partial charge in [-0.2, -0.15) is 0 Å². The Kier molecular flexibility index (Phi) is 5.91. The molecule has 0 bridgehead atoms. The van der Waals surface area contributed by atoms with E-state index in [9.17, 15) is 9.59 Å². The molecule has 0 aliphatic carbocycles. The van der Waals surface area contributed by atoms with Crippen molar-refractivity contribution < 1.29 is 9.53 Å². The normalized spacial score (nSPS) is 10.7. The zero-order chi connectivity index (χ0) is 18.5. The summed E-state index contributed by atoms with van der Waals surface area (Å²) in [5, 5.41) is 0.264. The van der Waals surface area contributed by atoms with E-state index in [1.165, 1.54) is 11.5 Å². The summed E-state index contributed by atoms with van der Waals surface area (Å²) in [6.07, 6.45) is 0.906. The van der Waals surface area contributed by atoms with E-state index in [-0.39, 0.29) is 16.6 Å². The monoisotopic (exact) mass is 387 g/mol. The Morgan fingerprint density at radius 1 is 1.08 bits per heavy atom. The molecular weight excluding hydrogens is 370 g/mol. The van der Waals surface area contributed by atoms with Gasteiger partial charge in [0, 0.05) is 11.3 Å². The molecule has 0 radical (unpaired) electrons. The van der Waals surface area contributed by atoms with Crippen LogP contribution < -0.4 is 5.56 Å². The van der Waals surface area contributed by atoms with Gasteiger partial charge in [0.25, 0.3) is 5.56 Å². The van der Waals surface area contributed by atoms with Gasteiger partial charge in [0.2, 0.25) is 0 Å². The van der Waals surface area contributed by atoms with E-state index >= 15 is 0 Å². The molecule has 0 aliphatic rings. The van der Waals surface area contributed by atoms with Crippen LogP contribution in [0.4, 0.5) is 0 Å². The number of aromatic nitrogens is 1. The molecule has 2 aromatic carbocycles. The first-order valence-corrected chi connectivity index (χ1v) is 9.37. The second kappa shape index (κ2) is 8.34. The largest absolute Gasteiger partial charge is 0.461 e. The smallest absolute Gasteiger partial charge is 0.306 e. The number of aryl methyl sites for hydroxylation is 2. The molecule has 0 aliphatic heterocycles. The average Bonchev–Trinajstić information content (AvgIpc) is 2.93. The van der Waals surface area contributed by atoms with Gasteiger partial charge in [0.05, 0.1) is 5.69 Å². The van der Waals surface area contributed by atoms with Crippen molar-refractivity contribution in [3.63, 3.8) is 0 Å². The van der Waals surface area contributed by atoms with Crippen molar-refractivity contribution in [1.29, 1.82) is 0 Å². The van der Waals surface area contributed by atoms with Crippen LogP contribution in [0, 0.1) is 6.92 Å². The molecular formula is C20H18ClNO3S. The summed E-state index contributed by atoms with van der Waals surface area (Å²) < 4.78 is 6.84. The molecule has 6 heteroatoms. The van der Waals surface area contributed by atoms with E-state index in [2.05, 4.69) is 0 Å². The maximum atomic E-state index is 12.1. The fourth-order valence-corrected chi connectivity index (χ4v) is 3.56. The van der Waals surface area contributed by atoms with E-state index in [1.807, 2.05) is 61.5 Å². The number of carbonyl (C=O) groups is 1. The summed E-state index contributed by atoms with van der Waals surface area (Å²) in [5.74, 6) is -0.227. The Balaban J connectivity index is 1.55. The number of hydrogen-bond donors (Lipinski definition) is 0. The molecule has 1 aromatic heterocycles. The van der Waals surface area contributed by atoms with Gasteiger partial charge >= 0.3 is 5.97 Å². The minimum absolute atomic E-state index is 0.202. The van der Waals surface area contributed by atoms with Crippen LogP contribution in [-0.2, 0) is 22.6 Å². The summed E-state index contributed by atoms with van der Waals surface area (Å²) in [6.45, 7) is 2.11. The lowest BCUT2D eigenvalue weighted by Gasteiger charge is -2.06. The van der Waals surface area contributed by atoms with E-state index in [0.717, 1.165) is 21.7 Å². The molecule has 0 N–H and O–H groups in total. The fraction of sp³-hybridized carbons (Fsp3) is 0.200. The predicted molar refractivity (Wildman–Crippen MR) is 104 cm³/mol. The fourth-order valence-electron chi connectivity index (χ4n) is 2.48. The predicted octanol–water partition coefficient (Wildman–Crippen LogP) is 4.54. The van der Waals surface area contributed by atoms with Gasteiger partial charge in [-0.3, -0.25) is 9.59 Å². The van der Waals surface area contributed by atoms with E-state index < -0.39 is 0 Å². The third-order valence-corrected chi connectivity index (χ3v) is 5.54. The number of hydrogen-bond acceptors (Lipinski definition) is 4. The number of ether oxygens (including phenoxy) is 1. The van der Waals surface area contributed by atoms with Gasteiger partial charge in [-0.05, 0) is 36.6 Å². The molecule has 1 heterocycles. The molecule has 26 heavy (non-hydrogen) atoms. The van der Waals surface area contributed by atoms with Crippen molar-refractivity contribution in [3.8, 4) is 5.69 Å². The minimum Gasteiger partial charge on any atom is -0.461 e. The Bertz CT molecular complexity index is 945. The van der Waals surface area contributed by atoms with Gasteiger partial charge in [-0.25, -0.2) is 3.96 Å². The van der Waals surface area contributed by atoms with Crippen molar-refractivity contribution in [2.45, 2.75) is 26.4 Å². The third kappa shape index (κ3) is 4.42. The summed E-state index contributed by atoms with van der Waals surface area (Å²) >= 11 is 7.28. The summed E-state index contributed by atoms with van der Waals surface area (Å²) in [6, 6.07) is 17.1. The van der Waals surface area contributed by atoms with Gasteiger partial charge in [-0.15, -0.1) is 0 Å². The number of rotatable bonds is 6. The number of benzene rings is 2. The Labute approximate surface area is 160 Å². The zero-order valence-electron chi connectivity index (χ0n) is 14.3. The number of esters is 1. The van der Waals surface area contributed by atoms with Crippen LogP contribution >= 0.6 is 23.1 Å². The first-order chi connectivity index (χ1) is 12.5. The van der Waals surface area contributed by atoms with Crippen LogP contribution in [-0.4, -0.2) is 9.93 Å². The molecule has 0 amide bonds. The van der Waals surface area contributed by atoms with Gasteiger partial charge < -0.3 is 4.74 Å². The highest BCUT2D eigenvalue weighted by Crippen LogP contribution is 2.20. The van der Waals surface area contributed by atoms with E-state index in [4.69, 9.17) is 16.3 Å². The van der Waals surface area contributed by atoms with E-state index in [0.29, 0.717) is 19.4 Å². The highest BCUT2D eigenvalue weighted by atomic mass is 35.5. The molecule has 0 atom stereocenters. The van der Waals surface area contributed by atoms with Gasteiger partial charge in [-0.1, -0.05) is 65.6 Å². The van der Waals surface area contributed by atoms with Crippen molar-refractivity contribution in [1.82, 2.24) is 3.96 Å². The summed E-state index contributed by atoms with van der Waals surface area (Å²) in [4.78, 5) is 24.7. The highest BCUT2D eigenvalue weighted by molar-refractivity contribution is 7.07. The molecule has 3 aromatic rings.